The Labute approximate surface area is 147 Å². The average molecular weight is 334 g/mol. The Morgan fingerprint density at radius 1 is 1.20 bits per heavy atom. The number of nitrogens with one attached hydrogen (secondary N) is 2. The molecule has 4 rings (SSSR count). The number of aromatic nitrogens is 2. The first kappa shape index (κ1) is 15.7. The Kier molecular flexibility index (Phi) is 4.14. The topological polar surface area (TPSA) is 61.0 Å². The highest BCUT2D eigenvalue weighted by atomic mass is 16.1. The summed E-state index contributed by atoms with van der Waals surface area (Å²) in [5, 5.41) is 4.24. The lowest BCUT2D eigenvalue weighted by Gasteiger charge is -2.33. The van der Waals surface area contributed by atoms with E-state index >= 15 is 0 Å². The van der Waals surface area contributed by atoms with Gasteiger partial charge in [-0.15, -0.1) is 0 Å². The van der Waals surface area contributed by atoms with Crippen LogP contribution < -0.4 is 10.2 Å². The van der Waals surface area contributed by atoms with Crippen molar-refractivity contribution in [2.75, 3.05) is 18.0 Å². The third-order valence-electron chi connectivity index (χ3n) is 4.84. The van der Waals surface area contributed by atoms with Crippen LogP contribution >= 0.6 is 0 Å². The number of carbonyl (C=O) groups is 1. The first-order valence-corrected chi connectivity index (χ1v) is 8.76. The second kappa shape index (κ2) is 6.59. The van der Waals surface area contributed by atoms with Gasteiger partial charge in [-0.2, -0.15) is 0 Å². The lowest BCUT2D eigenvalue weighted by atomic mass is 10.0. The molecule has 2 aromatic heterocycles. The molecule has 1 aliphatic heterocycles. The number of aryl methyl sites for hydroxylation is 1. The molecule has 1 saturated heterocycles. The summed E-state index contributed by atoms with van der Waals surface area (Å²) in [7, 11) is 0. The first-order valence-electron chi connectivity index (χ1n) is 8.76. The van der Waals surface area contributed by atoms with Crippen LogP contribution in [-0.2, 0) is 0 Å². The number of anilines is 1. The van der Waals surface area contributed by atoms with Crippen LogP contribution in [0.4, 0.5) is 5.82 Å². The summed E-state index contributed by atoms with van der Waals surface area (Å²) < 4.78 is 0. The van der Waals surface area contributed by atoms with Crippen molar-refractivity contribution in [3.05, 3.63) is 59.9 Å². The van der Waals surface area contributed by atoms with Crippen LogP contribution in [0.3, 0.4) is 0 Å². The summed E-state index contributed by atoms with van der Waals surface area (Å²) in [5.74, 6) is 1.04. The Hall–Kier alpha value is -2.82. The molecule has 0 spiro atoms. The number of fused-ring (bicyclic) bond motifs is 1. The van der Waals surface area contributed by atoms with Gasteiger partial charge in [0.15, 0.2) is 0 Å². The number of piperidine rings is 1. The smallest absolute Gasteiger partial charge is 0.251 e. The van der Waals surface area contributed by atoms with Crippen LogP contribution in [0.5, 0.6) is 0 Å². The minimum Gasteiger partial charge on any atom is -0.361 e. The zero-order valence-corrected chi connectivity index (χ0v) is 14.3. The number of hydrogen-bond acceptors (Lipinski definition) is 3. The van der Waals surface area contributed by atoms with E-state index in [1.807, 2.05) is 49.5 Å². The van der Waals surface area contributed by atoms with Crippen molar-refractivity contribution in [1.29, 1.82) is 0 Å². The molecule has 5 nitrogen and oxygen atoms in total. The van der Waals surface area contributed by atoms with E-state index in [1.54, 1.807) is 0 Å². The van der Waals surface area contributed by atoms with Crippen molar-refractivity contribution in [2.24, 2.45) is 0 Å². The molecular weight excluding hydrogens is 312 g/mol. The van der Waals surface area contributed by atoms with Gasteiger partial charge in [-0.1, -0.05) is 6.07 Å². The molecule has 0 saturated carbocycles. The average Bonchev–Trinajstić information content (AvgIpc) is 3.10. The third kappa shape index (κ3) is 3.36. The minimum absolute atomic E-state index is 0.00947. The minimum atomic E-state index is 0.00947. The van der Waals surface area contributed by atoms with E-state index in [2.05, 4.69) is 26.3 Å². The van der Waals surface area contributed by atoms with Gasteiger partial charge in [-0.3, -0.25) is 4.79 Å². The van der Waals surface area contributed by atoms with E-state index < -0.39 is 0 Å². The van der Waals surface area contributed by atoms with E-state index in [9.17, 15) is 4.79 Å². The van der Waals surface area contributed by atoms with E-state index in [0.717, 1.165) is 53.9 Å². The molecule has 5 heteroatoms. The number of nitrogens with zero attached hydrogens (tertiary/aromatic N) is 2. The van der Waals surface area contributed by atoms with Gasteiger partial charge in [0.25, 0.3) is 5.91 Å². The molecule has 3 heterocycles. The molecule has 25 heavy (non-hydrogen) atoms. The van der Waals surface area contributed by atoms with Gasteiger partial charge in [0, 0.05) is 47.5 Å². The standard InChI is InChI=1S/C20H22N4O/c1-14-3-2-4-19(22-14)24-11-8-17(9-12-24)23-20(25)16-5-6-18-15(13-16)7-10-21-18/h2-7,10,13,17,21H,8-9,11-12H2,1H3,(H,23,25). The number of aromatic amines is 1. The van der Waals surface area contributed by atoms with Gasteiger partial charge >= 0.3 is 0 Å². The lowest BCUT2D eigenvalue weighted by Crippen LogP contribution is -2.45. The van der Waals surface area contributed by atoms with Crippen LogP contribution in [-0.4, -0.2) is 35.0 Å². The Morgan fingerprint density at radius 3 is 2.84 bits per heavy atom. The number of rotatable bonds is 3. The molecule has 0 bridgehead atoms. The van der Waals surface area contributed by atoms with Crippen molar-refractivity contribution in [3.8, 4) is 0 Å². The fourth-order valence-electron chi connectivity index (χ4n) is 3.42. The summed E-state index contributed by atoms with van der Waals surface area (Å²) in [4.78, 5) is 22.6. The molecular formula is C20H22N4O. The summed E-state index contributed by atoms with van der Waals surface area (Å²) in [6.45, 7) is 3.84. The zero-order valence-electron chi connectivity index (χ0n) is 14.3. The first-order chi connectivity index (χ1) is 12.2. The van der Waals surface area contributed by atoms with Gasteiger partial charge in [0.05, 0.1) is 0 Å². The van der Waals surface area contributed by atoms with Crippen LogP contribution in [0.15, 0.2) is 48.7 Å². The van der Waals surface area contributed by atoms with Crippen LogP contribution in [0, 0.1) is 6.92 Å². The van der Waals surface area contributed by atoms with E-state index in [1.165, 1.54) is 0 Å². The number of benzene rings is 1. The maximum absolute atomic E-state index is 12.5. The van der Waals surface area contributed by atoms with Crippen molar-refractivity contribution >= 4 is 22.6 Å². The lowest BCUT2D eigenvalue weighted by molar-refractivity contribution is 0.0931. The fourth-order valence-corrected chi connectivity index (χ4v) is 3.42. The van der Waals surface area contributed by atoms with Crippen LogP contribution in [0.25, 0.3) is 10.9 Å². The normalized spacial score (nSPS) is 15.5. The fraction of sp³-hybridized carbons (Fsp3) is 0.300. The molecule has 0 aliphatic carbocycles. The number of carbonyl (C=O) groups excluding carboxylic acids is 1. The number of H-pyrrole nitrogens is 1. The molecule has 3 aromatic rings. The zero-order chi connectivity index (χ0) is 17.2. The van der Waals surface area contributed by atoms with Gasteiger partial charge in [-0.25, -0.2) is 4.98 Å². The largest absolute Gasteiger partial charge is 0.361 e. The molecule has 2 N–H and O–H groups in total. The van der Waals surface area contributed by atoms with Gasteiger partial charge < -0.3 is 15.2 Å². The number of amides is 1. The third-order valence-corrected chi connectivity index (χ3v) is 4.84. The van der Waals surface area contributed by atoms with Crippen molar-refractivity contribution in [2.45, 2.75) is 25.8 Å². The SMILES string of the molecule is Cc1cccc(N2CCC(NC(=O)c3ccc4[nH]ccc4c3)CC2)n1. The van der Waals surface area contributed by atoms with E-state index in [4.69, 9.17) is 0 Å². The number of pyridine rings is 1. The number of hydrogen-bond donors (Lipinski definition) is 2. The highest BCUT2D eigenvalue weighted by Gasteiger charge is 2.22. The summed E-state index contributed by atoms with van der Waals surface area (Å²) in [6.07, 6.45) is 3.77. The van der Waals surface area contributed by atoms with Gasteiger partial charge in [0.2, 0.25) is 0 Å². The predicted molar refractivity (Wildman–Crippen MR) is 100.0 cm³/mol. The molecule has 1 aromatic carbocycles. The maximum atomic E-state index is 12.5. The maximum Gasteiger partial charge on any atom is 0.251 e. The van der Waals surface area contributed by atoms with Crippen LogP contribution in [0.2, 0.25) is 0 Å². The molecule has 0 atom stereocenters. The van der Waals surface area contributed by atoms with E-state index in [-0.39, 0.29) is 11.9 Å². The molecule has 1 aliphatic rings. The van der Waals surface area contributed by atoms with Crippen molar-refractivity contribution in [3.63, 3.8) is 0 Å². The summed E-state index contributed by atoms with van der Waals surface area (Å²) >= 11 is 0. The molecule has 0 radical (unpaired) electrons. The van der Waals surface area contributed by atoms with E-state index in [0.29, 0.717) is 0 Å². The Morgan fingerprint density at radius 2 is 2.04 bits per heavy atom. The van der Waals surface area contributed by atoms with Gasteiger partial charge in [0.1, 0.15) is 5.82 Å². The quantitative estimate of drug-likeness (QED) is 0.773. The monoisotopic (exact) mass is 334 g/mol. The van der Waals surface area contributed by atoms with Crippen molar-refractivity contribution in [1.82, 2.24) is 15.3 Å². The highest BCUT2D eigenvalue weighted by molar-refractivity contribution is 5.98. The second-order valence-electron chi connectivity index (χ2n) is 6.65. The highest BCUT2D eigenvalue weighted by Crippen LogP contribution is 2.19. The van der Waals surface area contributed by atoms with Crippen LogP contribution in [0.1, 0.15) is 28.9 Å². The Balaban J connectivity index is 1.37. The molecule has 128 valence electrons. The van der Waals surface area contributed by atoms with Gasteiger partial charge in [-0.05, 0) is 56.2 Å². The predicted octanol–water partition coefficient (Wildman–Crippen LogP) is 3.27. The van der Waals surface area contributed by atoms with Crippen molar-refractivity contribution < 1.29 is 4.79 Å². The molecule has 0 unspecified atom stereocenters. The summed E-state index contributed by atoms with van der Waals surface area (Å²) in [5.41, 5.74) is 2.80. The Bertz CT molecular complexity index is 893. The molecule has 1 amide bonds. The molecule has 1 fully saturated rings. The second-order valence-corrected chi connectivity index (χ2v) is 6.65. The summed E-state index contributed by atoms with van der Waals surface area (Å²) in [6, 6.07) is 14.1.